The van der Waals surface area contributed by atoms with E-state index in [1.807, 2.05) is 36.5 Å². The Kier molecular flexibility index (Phi) is 4.71. The molecule has 2 aromatic heterocycles. The predicted octanol–water partition coefficient (Wildman–Crippen LogP) is 4.47. The monoisotopic (exact) mass is 365 g/mol. The molecule has 0 aliphatic carbocycles. The standard InChI is InChI=1S/C20H20ClN5/c1-2-12-25-19-9-4-3-8-18(19)22-20(25)11-10-16-14-26(24-23-16)17-7-5-6-15(21)13-17/h3-9,13-14H,2,10-12H2,1H3. The fourth-order valence-electron chi connectivity index (χ4n) is 3.19. The van der Waals surface area contributed by atoms with Crippen molar-refractivity contribution in [3.8, 4) is 5.69 Å². The van der Waals surface area contributed by atoms with Crippen molar-refractivity contribution < 1.29 is 0 Å². The van der Waals surface area contributed by atoms with Gasteiger partial charge < -0.3 is 4.57 Å². The molecule has 0 unspecified atom stereocenters. The minimum atomic E-state index is 0.688. The smallest absolute Gasteiger partial charge is 0.110 e. The molecule has 0 bridgehead atoms. The van der Waals surface area contributed by atoms with Crippen LogP contribution in [0.4, 0.5) is 0 Å². The third-order valence-electron chi connectivity index (χ3n) is 4.40. The first-order chi connectivity index (χ1) is 12.7. The van der Waals surface area contributed by atoms with Gasteiger partial charge in [-0.25, -0.2) is 9.67 Å². The van der Waals surface area contributed by atoms with Gasteiger partial charge in [-0.05, 0) is 36.8 Å². The lowest BCUT2D eigenvalue weighted by molar-refractivity contribution is 0.647. The van der Waals surface area contributed by atoms with E-state index in [-0.39, 0.29) is 0 Å². The number of hydrogen-bond donors (Lipinski definition) is 0. The first-order valence-electron chi connectivity index (χ1n) is 8.86. The predicted molar refractivity (Wildman–Crippen MR) is 104 cm³/mol. The Labute approximate surface area is 157 Å². The van der Waals surface area contributed by atoms with Gasteiger partial charge >= 0.3 is 0 Å². The van der Waals surface area contributed by atoms with E-state index in [1.165, 1.54) is 5.52 Å². The van der Waals surface area contributed by atoms with E-state index in [1.54, 1.807) is 4.68 Å². The molecule has 4 rings (SSSR count). The minimum Gasteiger partial charge on any atom is -0.328 e. The number of imidazole rings is 1. The highest BCUT2D eigenvalue weighted by Crippen LogP contribution is 2.18. The summed E-state index contributed by atoms with van der Waals surface area (Å²) < 4.78 is 4.08. The van der Waals surface area contributed by atoms with Crippen LogP contribution in [0.1, 0.15) is 24.9 Å². The van der Waals surface area contributed by atoms with E-state index in [0.717, 1.165) is 48.5 Å². The van der Waals surface area contributed by atoms with Crippen molar-refractivity contribution in [1.82, 2.24) is 24.5 Å². The zero-order valence-electron chi connectivity index (χ0n) is 14.6. The van der Waals surface area contributed by atoms with Crippen LogP contribution in [-0.2, 0) is 19.4 Å². The second kappa shape index (κ2) is 7.30. The van der Waals surface area contributed by atoms with Gasteiger partial charge in [-0.15, -0.1) is 5.10 Å². The van der Waals surface area contributed by atoms with E-state index in [0.29, 0.717) is 5.02 Å². The Morgan fingerprint density at radius 2 is 1.92 bits per heavy atom. The molecule has 0 amide bonds. The summed E-state index contributed by atoms with van der Waals surface area (Å²) in [4.78, 5) is 4.81. The molecule has 0 fully saturated rings. The Morgan fingerprint density at radius 3 is 2.77 bits per heavy atom. The first kappa shape index (κ1) is 16.8. The van der Waals surface area contributed by atoms with Crippen molar-refractivity contribution in [2.75, 3.05) is 0 Å². The average molecular weight is 366 g/mol. The first-order valence-corrected chi connectivity index (χ1v) is 9.23. The number of benzene rings is 2. The van der Waals surface area contributed by atoms with Crippen molar-refractivity contribution in [2.45, 2.75) is 32.7 Å². The SMILES string of the molecule is CCCn1c(CCc2cn(-c3cccc(Cl)c3)nn2)nc2ccccc21. The maximum atomic E-state index is 6.06. The number of hydrogen-bond acceptors (Lipinski definition) is 3. The fraction of sp³-hybridized carbons (Fsp3) is 0.250. The molecule has 0 aliphatic rings. The largest absolute Gasteiger partial charge is 0.328 e. The third-order valence-corrected chi connectivity index (χ3v) is 4.63. The molecule has 0 aliphatic heterocycles. The highest BCUT2D eigenvalue weighted by atomic mass is 35.5. The van der Waals surface area contributed by atoms with Gasteiger partial charge in [0, 0.05) is 24.4 Å². The number of aryl methyl sites for hydroxylation is 3. The molecule has 4 aromatic rings. The van der Waals surface area contributed by atoms with Crippen LogP contribution in [0.25, 0.3) is 16.7 Å². The van der Waals surface area contributed by atoms with Crippen molar-refractivity contribution >= 4 is 22.6 Å². The molecule has 5 nitrogen and oxygen atoms in total. The van der Waals surface area contributed by atoms with Gasteiger partial charge in [0.1, 0.15) is 5.82 Å². The van der Waals surface area contributed by atoms with E-state index in [4.69, 9.17) is 16.6 Å². The van der Waals surface area contributed by atoms with Gasteiger partial charge in [-0.3, -0.25) is 0 Å². The highest BCUT2D eigenvalue weighted by molar-refractivity contribution is 6.30. The number of para-hydroxylation sites is 2. The normalized spacial score (nSPS) is 11.3. The van der Waals surface area contributed by atoms with E-state index in [9.17, 15) is 0 Å². The van der Waals surface area contributed by atoms with Gasteiger partial charge in [0.05, 0.1) is 28.6 Å². The second-order valence-corrected chi connectivity index (χ2v) is 6.74. The Bertz CT molecular complexity index is 1030. The molecule has 6 heteroatoms. The second-order valence-electron chi connectivity index (χ2n) is 6.30. The Hall–Kier alpha value is -2.66. The molecule has 0 spiro atoms. The van der Waals surface area contributed by atoms with Gasteiger partial charge in [0.25, 0.3) is 0 Å². The van der Waals surface area contributed by atoms with Crippen LogP contribution in [0.5, 0.6) is 0 Å². The van der Waals surface area contributed by atoms with E-state index in [2.05, 4.69) is 40.0 Å². The van der Waals surface area contributed by atoms with Crippen LogP contribution in [0.3, 0.4) is 0 Å². The van der Waals surface area contributed by atoms with Crippen LogP contribution in [-0.4, -0.2) is 24.5 Å². The third kappa shape index (κ3) is 3.35. The Morgan fingerprint density at radius 1 is 1.04 bits per heavy atom. The Balaban J connectivity index is 1.54. The lowest BCUT2D eigenvalue weighted by Gasteiger charge is -2.06. The van der Waals surface area contributed by atoms with Gasteiger partial charge in [0.2, 0.25) is 0 Å². The van der Waals surface area contributed by atoms with Crippen LogP contribution < -0.4 is 0 Å². The molecule has 2 heterocycles. The molecule has 26 heavy (non-hydrogen) atoms. The van der Waals surface area contributed by atoms with Crippen molar-refractivity contribution in [3.05, 3.63) is 71.3 Å². The molecule has 0 N–H and O–H groups in total. The summed E-state index contributed by atoms with van der Waals surface area (Å²) in [5, 5.41) is 9.21. The molecule has 2 aromatic carbocycles. The van der Waals surface area contributed by atoms with Crippen LogP contribution in [0.2, 0.25) is 5.02 Å². The molecule has 0 saturated carbocycles. The zero-order chi connectivity index (χ0) is 17.9. The number of fused-ring (bicyclic) bond motifs is 1. The van der Waals surface area contributed by atoms with Crippen LogP contribution in [0, 0.1) is 0 Å². The van der Waals surface area contributed by atoms with Crippen molar-refractivity contribution in [3.63, 3.8) is 0 Å². The zero-order valence-corrected chi connectivity index (χ0v) is 15.4. The van der Waals surface area contributed by atoms with Crippen molar-refractivity contribution in [1.29, 1.82) is 0 Å². The number of aromatic nitrogens is 5. The average Bonchev–Trinajstić information content (AvgIpc) is 3.26. The summed E-state index contributed by atoms with van der Waals surface area (Å²) in [6.07, 6.45) is 4.67. The van der Waals surface area contributed by atoms with Crippen LogP contribution in [0.15, 0.2) is 54.7 Å². The summed E-state index contributed by atoms with van der Waals surface area (Å²) in [5.41, 5.74) is 4.11. The molecule has 0 saturated heterocycles. The molecule has 132 valence electrons. The summed E-state index contributed by atoms with van der Waals surface area (Å²) >= 11 is 6.06. The lowest BCUT2D eigenvalue weighted by atomic mass is 10.2. The maximum absolute atomic E-state index is 6.06. The highest BCUT2D eigenvalue weighted by Gasteiger charge is 2.11. The maximum Gasteiger partial charge on any atom is 0.110 e. The van der Waals surface area contributed by atoms with Gasteiger partial charge in [-0.2, -0.15) is 0 Å². The summed E-state index contributed by atoms with van der Waals surface area (Å²) in [6.45, 7) is 3.17. The number of halogens is 1. The van der Waals surface area contributed by atoms with E-state index >= 15 is 0 Å². The lowest BCUT2D eigenvalue weighted by Crippen LogP contribution is -2.05. The van der Waals surface area contributed by atoms with Gasteiger partial charge in [-0.1, -0.05) is 41.9 Å². The topological polar surface area (TPSA) is 48.5 Å². The molecular weight excluding hydrogens is 346 g/mol. The minimum absolute atomic E-state index is 0.688. The fourth-order valence-corrected chi connectivity index (χ4v) is 3.37. The summed E-state index contributed by atoms with van der Waals surface area (Å²) in [6, 6.07) is 15.9. The van der Waals surface area contributed by atoms with Crippen LogP contribution >= 0.6 is 11.6 Å². The number of rotatable bonds is 6. The number of nitrogens with zero attached hydrogens (tertiary/aromatic N) is 5. The molecule has 0 atom stereocenters. The molecular formula is C20H20ClN5. The molecule has 0 radical (unpaired) electrons. The quantitative estimate of drug-likeness (QED) is 0.506. The van der Waals surface area contributed by atoms with E-state index < -0.39 is 0 Å². The summed E-state index contributed by atoms with van der Waals surface area (Å²) in [5.74, 6) is 1.10. The van der Waals surface area contributed by atoms with Crippen molar-refractivity contribution in [2.24, 2.45) is 0 Å². The summed E-state index contributed by atoms with van der Waals surface area (Å²) in [7, 11) is 0. The van der Waals surface area contributed by atoms with Gasteiger partial charge in [0.15, 0.2) is 0 Å².